The summed E-state index contributed by atoms with van der Waals surface area (Å²) in [7, 11) is 0. The Hall–Kier alpha value is 0.420. The molecule has 2 atom stereocenters. The van der Waals surface area contributed by atoms with Crippen molar-refractivity contribution in [3.8, 4) is 0 Å². The molecule has 17 heavy (non-hydrogen) atoms. The summed E-state index contributed by atoms with van der Waals surface area (Å²) in [5, 5.41) is 0.186. The van der Waals surface area contributed by atoms with Crippen LogP contribution in [0.4, 0.5) is 0 Å². The molecule has 0 saturated carbocycles. The zero-order valence-corrected chi connectivity index (χ0v) is 12.4. The van der Waals surface area contributed by atoms with Crippen molar-refractivity contribution in [1.29, 1.82) is 0 Å². The van der Waals surface area contributed by atoms with E-state index in [4.69, 9.17) is 5.73 Å². The first-order valence-electron chi connectivity index (χ1n) is 6.03. The van der Waals surface area contributed by atoms with E-state index in [1.807, 2.05) is 28.4 Å². The van der Waals surface area contributed by atoms with Gasteiger partial charge in [0.05, 0.1) is 5.25 Å². The topological polar surface area (TPSA) is 46.3 Å². The number of halogens is 1. The predicted octanol–water partition coefficient (Wildman–Crippen LogP) is 1.60. The molecule has 0 radical (unpaired) electrons. The molecule has 2 aliphatic heterocycles. The van der Waals surface area contributed by atoms with Gasteiger partial charge in [-0.25, -0.2) is 0 Å². The Morgan fingerprint density at radius 1 is 1.35 bits per heavy atom. The first-order chi connectivity index (χ1) is 7.83. The molecule has 2 N–H and O–H groups in total. The van der Waals surface area contributed by atoms with Crippen molar-refractivity contribution in [3.05, 3.63) is 0 Å². The third-order valence-electron chi connectivity index (χ3n) is 3.27. The summed E-state index contributed by atoms with van der Waals surface area (Å²) in [6.07, 6.45) is 3.46. The van der Waals surface area contributed by atoms with E-state index in [1.54, 1.807) is 0 Å². The predicted molar refractivity (Wildman–Crippen MR) is 79.2 cm³/mol. The summed E-state index contributed by atoms with van der Waals surface area (Å²) in [4.78, 5) is 14.4. The molecule has 0 bridgehead atoms. The Morgan fingerprint density at radius 3 is 2.82 bits per heavy atom. The number of nitrogens with zero attached hydrogens (tertiary/aromatic N) is 1. The molecule has 2 saturated heterocycles. The minimum atomic E-state index is 0. The van der Waals surface area contributed by atoms with Gasteiger partial charge in [0.1, 0.15) is 0 Å². The number of likely N-dealkylation sites (tertiary alicyclic amines) is 1. The number of carbonyl (C=O) groups is 1. The van der Waals surface area contributed by atoms with Crippen molar-refractivity contribution >= 4 is 41.8 Å². The van der Waals surface area contributed by atoms with Crippen LogP contribution in [-0.2, 0) is 4.79 Å². The summed E-state index contributed by atoms with van der Waals surface area (Å²) in [5.74, 6) is 3.63. The van der Waals surface area contributed by atoms with Crippen molar-refractivity contribution in [2.24, 2.45) is 5.73 Å². The molecule has 100 valence electrons. The van der Waals surface area contributed by atoms with Crippen molar-refractivity contribution < 1.29 is 4.79 Å². The van der Waals surface area contributed by atoms with Gasteiger partial charge in [0, 0.05) is 36.4 Å². The van der Waals surface area contributed by atoms with Crippen molar-refractivity contribution in [3.63, 3.8) is 0 Å². The summed E-state index contributed by atoms with van der Waals surface area (Å²) < 4.78 is 0. The quantitative estimate of drug-likeness (QED) is 0.841. The van der Waals surface area contributed by atoms with Gasteiger partial charge in [-0.2, -0.15) is 11.8 Å². The summed E-state index contributed by atoms with van der Waals surface area (Å²) in [5.41, 5.74) is 5.76. The lowest BCUT2D eigenvalue weighted by Gasteiger charge is -2.37. The molecule has 3 nitrogen and oxygen atoms in total. The van der Waals surface area contributed by atoms with Crippen LogP contribution in [0.3, 0.4) is 0 Å². The van der Waals surface area contributed by atoms with Gasteiger partial charge in [-0.1, -0.05) is 0 Å². The lowest BCUT2D eigenvalue weighted by molar-refractivity contribution is -0.133. The number of rotatable bonds is 2. The minimum absolute atomic E-state index is 0. The first-order valence-corrected chi connectivity index (χ1v) is 8.23. The van der Waals surface area contributed by atoms with Gasteiger partial charge < -0.3 is 10.6 Å². The fraction of sp³-hybridized carbons (Fsp3) is 0.909. The number of piperidine rings is 1. The van der Waals surface area contributed by atoms with E-state index in [1.165, 1.54) is 12.2 Å². The second-order valence-electron chi connectivity index (χ2n) is 4.35. The van der Waals surface area contributed by atoms with Gasteiger partial charge >= 0.3 is 0 Å². The molecule has 2 heterocycles. The van der Waals surface area contributed by atoms with Crippen molar-refractivity contribution in [1.82, 2.24) is 4.90 Å². The van der Waals surface area contributed by atoms with Crippen LogP contribution in [0, 0.1) is 0 Å². The van der Waals surface area contributed by atoms with Crippen molar-refractivity contribution in [2.45, 2.75) is 30.6 Å². The van der Waals surface area contributed by atoms with Crippen LogP contribution in [-0.4, -0.2) is 52.4 Å². The average molecular weight is 297 g/mol. The molecular weight excluding hydrogens is 276 g/mol. The number of carbonyl (C=O) groups excluding carboxylic acids is 1. The number of thioether (sulfide) groups is 2. The molecule has 2 rings (SSSR count). The van der Waals surface area contributed by atoms with E-state index in [9.17, 15) is 4.79 Å². The lowest BCUT2D eigenvalue weighted by Crippen LogP contribution is -2.51. The third kappa shape index (κ3) is 3.94. The summed E-state index contributed by atoms with van der Waals surface area (Å²) in [6.45, 7) is 1.54. The maximum absolute atomic E-state index is 12.4. The average Bonchev–Trinajstić information content (AvgIpc) is 2.39. The van der Waals surface area contributed by atoms with E-state index in [0.29, 0.717) is 18.5 Å². The van der Waals surface area contributed by atoms with Gasteiger partial charge in [-0.3, -0.25) is 4.79 Å². The largest absolute Gasteiger partial charge is 0.337 e. The summed E-state index contributed by atoms with van der Waals surface area (Å²) >= 11 is 3.73. The number of nitrogens with two attached hydrogens (primary N) is 1. The standard InChI is InChI=1S/C11H20N2OS2.ClH/c12-7-9-3-1-2-4-13(9)11(14)10-8-15-5-6-16-10;/h9-10H,1-8,12H2;1H. The number of hydrogen-bond acceptors (Lipinski definition) is 4. The van der Waals surface area contributed by atoms with Gasteiger partial charge in [-0.05, 0) is 19.3 Å². The van der Waals surface area contributed by atoms with Crippen molar-refractivity contribution in [2.75, 3.05) is 30.3 Å². The Labute approximate surface area is 118 Å². The van der Waals surface area contributed by atoms with Crippen LogP contribution < -0.4 is 5.73 Å². The number of amides is 1. The molecule has 0 aliphatic carbocycles. The molecule has 2 unspecified atom stereocenters. The second-order valence-corrected chi connectivity index (χ2v) is 6.81. The smallest absolute Gasteiger partial charge is 0.236 e. The Balaban J connectivity index is 0.00000144. The molecular formula is C11H21ClN2OS2. The molecule has 1 amide bonds. The fourth-order valence-corrected chi connectivity index (χ4v) is 4.97. The van der Waals surface area contributed by atoms with E-state index in [0.717, 1.165) is 30.9 Å². The van der Waals surface area contributed by atoms with E-state index >= 15 is 0 Å². The van der Waals surface area contributed by atoms with Gasteiger partial charge in [0.2, 0.25) is 5.91 Å². The maximum atomic E-state index is 12.4. The molecule has 0 aromatic carbocycles. The summed E-state index contributed by atoms with van der Waals surface area (Å²) in [6, 6.07) is 0.300. The molecule has 2 aliphatic rings. The van der Waals surface area contributed by atoms with Gasteiger partial charge in [-0.15, -0.1) is 24.2 Å². The Bertz CT molecular complexity index is 250. The highest BCUT2D eigenvalue weighted by Gasteiger charge is 2.31. The molecule has 2 fully saturated rings. The molecule has 6 heteroatoms. The normalized spacial score (nSPS) is 29.6. The maximum Gasteiger partial charge on any atom is 0.236 e. The highest BCUT2D eigenvalue weighted by atomic mass is 35.5. The van der Waals surface area contributed by atoms with Crippen LogP contribution in [0.25, 0.3) is 0 Å². The zero-order chi connectivity index (χ0) is 11.4. The Morgan fingerprint density at radius 2 is 2.18 bits per heavy atom. The van der Waals surface area contributed by atoms with Crippen LogP contribution in [0.15, 0.2) is 0 Å². The van der Waals surface area contributed by atoms with Crippen LogP contribution >= 0.6 is 35.9 Å². The monoisotopic (exact) mass is 296 g/mol. The van der Waals surface area contributed by atoms with Crippen LogP contribution in [0.1, 0.15) is 19.3 Å². The molecule has 0 aromatic rings. The third-order valence-corrected chi connectivity index (χ3v) is 6.02. The highest BCUT2D eigenvalue weighted by Crippen LogP contribution is 2.27. The first kappa shape index (κ1) is 15.5. The molecule has 0 spiro atoms. The van der Waals surface area contributed by atoms with Crippen LogP contribution in [0.5, 0.6) is 0 Å². The van der Waals surface area contributed by atoms with Crippen LogP contribution in [0.2, 0.25) is 0 Å². The van der Waals surface area contributed by atoms with E-state index in [-0.39, 0.29) is 17.7 Å². The fourth-order valence-electron chi connectivity index (χ4n) is 2.35. The minimum Gasteiger partial charge on any atom is -0.337 e. The number of hydrogen-bond donors (Lipinski definition) is 1. The SMILES string of the molecule is Cl.NCC1CCCCN1C(=O)C1CSCCS1. The zero-order valence-electron chi connectivity index (χ0n) is 9.97. The van der Waals surface area contributed by atoms with E-state index in [2.05, 4.69) is 0 Å². The molecule has 0 aromatic heterocycles. The second kappa shape index (κ2) is 7.77. The van der Waals surface area contributed by atoms with E-state index < -0.39 is 0 Å². The van der Waals surface area contributed by atoms with Gasteiger partial charge in [0.25, 0.3) is 0 Å². The lowest BCUT2D eigenvalue weighted by atomic mass is 10.0. The van der Waals surface area contributed by atoms with Gasteiger partial charge in [0.15, 0.2) is 0 Å². The highest BCUT2D eigenvalue weighted by molar-refractivity contribution is 8.07. The Kier molecular flexibility index (Phi) is 7.07.